The van der Waals surface area contributed by atoms with Crippen LogP contribution in [-0.4, -0.2) is 28.1 Å². The van der Waals surface area contributed by atoms with Crippen LogP contribution in [0.5, 0.6) is 0 Å². The van der Waals surface area contributed by atoms with Crippen molar-refractivity contribution in [2.75, 3.05) is 6.61 Å². The van der Waals surface area contributed by atoms with Gasteiger partial charge < -0.3 is 10.4 Å². The zero-order valence-corrected chi connectivity index (χ0v) is 11.3. The number of pyridine rings is 1. The third-order valence-electron chi connectivity index (χ3n) is 4.12. The third kappa shape index (κ3) is 2.27. The van der Waals surface area contributed by atoms with Crippen LogP contribution in [0.3, 0.4) is 0 Å². The van der Waals surface area contributed by atoms with Crippen LogP contribution in [0, 0.1) is 0 Å². The molecule has 1 fully saturated rings. The number of aliphatic hydroxyl groups is 1. The number of benzene rings is 1. The van der Waals surface area contributed by atoms with E-state index < -0.39 is 5.54 Å². The Hall–Kier alpha value is -1.94. The average Bonchev–Trinajstić information content (AvgIpc) is 2.95. The van der Waals surface area contributed by atoms with E-state index in [4.69, 9.17) is 0 Å². The summed E-state index contributed by atoms with van der Waals surface area (Å²) < 4.78 is 0. The quantitative estimate of drug-likeness (QED) is 0.899. The van der Waals surface area contributed by atoms with E-state index in [1.165, 1.54) is 0 Å². The molecule has 3 rings (SSSR count). The van der Waals surface area contributed by atoms with Crippen LogP contribution in [-0.2, 0) is 0 Å². The largest absolute Gasteiger partial charge is 0.394 e. The molecule has 4 heteroatoms. The molecular weight excluding hydrogens is 252 g/mol. The number of nitrogens with one attached hydrogen (secondary N) is 1. The van der Waals surface area contributed by atoms with Crippen molar-refractivity contribution in [2.45, 2.75) is 31.2 Å². The van der Waals surface area contributed by atoms with Gasteiger partial charge in [0, 0.05) is 11.6 Å². The molecule has 1 amide bonds. The number of carbonyl (C=O) groups is 1. The number of aliphatic hydroxyl groups excluding tert-OH is 1. The molecule has 2 N–H and O–H groups in total. The van der Waals surface area contributed by atoms with Crippen LogP contribution >= 0.6 is 0 Å². The highest BCUT2D eigenvalue weighted by molar-refractivity contribution is 6.05. The molecular formula is C16H18N2O2. The summed E-state index contributed by atoms with van der Waals surface area (Å²) in [5.41, 5.74) is 0.829. The Morgan fingerprint density at radius 2 is 2.00 bits per heavy atom. The van der Waals surface area contributed by atoms with Gasteiger partial charge in [0.15, 0.2) is 0 Å². The van der Waals surface area contributed by atoms with Crippen molar-refractivity contribution in [1.82, 2.24) is 10.3 Å². The smallest absolute Gasteiger partial charge is 0.254 e. The van der Waals surface area contributed by atoms with Crippen LogP contribution < -0.4 is 5.32 Å². The lowest BCUT2D eigenvalue weighted by molar-refractivity contribution is 0.0840. The second-order valence-corrected chi connectivity index (χ2v) is 5.48. The van der Waals surface area contributed by atoms with Gasteiger partial charge in [-0.1, -0.05) is 31.0 Å². The van der Waals surface area contributed by atoms with Crippen molar-refractivity contribution in [3.8, 4) is 0 Å². The summed E-state index contributed by atoms with van der Waals surface area (Å²) in [5.74, 6) is -0.148. The molecule has 0 aliphatic heterocycles. The molecule has 1 saturated carbocycles. The summed E-state index contributed by atoms with van der Waals surface area (Å²) >= 11 is 0. The maximum absolute atomic E-state index is 12.5. The summed E-state index contributed by atoms with van der Waals surface area (Å²) in [6.45, 7) is -0.00304. The SMILES string of the molecule is O=C(NC1(CO)CCCC1)c1cccc2cccnc12. The van der Waals surface area contributed by atoms with Gasteiger partial charge in [-0.3, -0.25) is 9.78 Å². The Bertz CT molecular complexity index is 628. The molecule has 2 aromatic rings. The number of hydrogen-bond donors (Lipinski definition) is 2. The number of para-hydroxylation sites is 1. The van der Waals surface area contributed by atoms with Gasteiger partial charge in [-0.05, 0) is 25.0 Å². The van der Waals surface area contributed by atoms with Gasteiger partial charge in [0.25, 0.3) is 5.91 Å². The molecule has 0 unspecified atom stereocenters. The molecule has 0 atom stereocenters. The Kier molecular flexibility index (Phi) is 3.40. The van der Waals surface area contributed by atoms with Crippen LogP contribution in [0.1, 0.15) is 36.0 Å². The molecule has 1 heterocycles. The van der Waals surface area contributed by atoms with E-state index in [-0.39, 0.29) is 12.5 Å². The lowest BCUT2D eigenvalue weighted by Gasteiger charge is -2.28. The van der Waals surface area contributed by atoms with Crippen LogP contribution in [0.4, 0.5) is 0 Å². The molecule has 1 aromatic carbocycles. The van der Waals surface area contributed by atoms with E-state index >= 15 is 0 Å². The third-order valence-corrected chi connectivity index (χ3v) is 4.12. The van der Waals surface area contributed by atoms with Gasteiger partial charge in [-0.25, -0.2) is 0 Å². The number of aromatic nitrogens is 1. The fourth-order valence-electron chi connectivity index (χ4n) is 2.97. The van der Waals surface area contributed by atoms with E-state index in [1.54, 1.807) is 12.3 Å². The maximum atomic E-state index is 12.5. The summed E-state index contributed by atoms with van der Waals surface area (Å²) in [4.78, 5) is 16.8. The predicted octanol–water partition coefficient (Wildman–Crippen LogP) is 2.27. The van der Waals surface area contributed by atoms with Gasteiger partial charge >= 0.3 is 0 Å². The number of hydrogen-bond acceptors (Lipinski definition) is 3. The number of rotatable bonds is 3. The minimum atomic E-state index is -0.450. The molecule has 4 nitrogen and oxygen atoms in total. The highest BCUT2D eigenvalue weighted by atomic mass is 16.3. The van der Waals surface area contributed by atoms with Crippen molar-refractivity contribution in [3.05, 3.63) is 42.1 Å². The number of amides is 1. The summed E-state index contributed by atoms with van der Waals surface area (Å²) in [6.07, 6.45) is 5.47. The van der Waals surface area contributed by atoms with Gasteiger partial charge in [-0.15, -0.1) is 0 Å². The van der Waals surface area contributed by atoms with Crippen molar-refractivity contribution in [1.29, 1.82) is 0 Å². The number of fused-ring (bicyclic) bond motifs is 1. The Labute approximate surface area is 117 Å². The summed E-state index contributed by atoms with van der Waals surface area (Å²) in [6, 6.07) is 9.38. The van der Waals surface area contributed by atoms with E-state index in [0.717, 1.165) is 31.1 Å². The fourth-order valence-corrected chi connectivity index (χ4v) is 2.97. The number of carbonyl (C=O) groups excluding carboxylic acids is 1. The molecule has 0 spiro atoms. The standard InChI is InChI=1S/C16H18N2O2/c19-11-16(8-1-2-9-16)18-15(20)13-7-3-5-12-6-4-10-17-14(12)13/h3-7,10,19H,1-2,8-9,11H2,(H,18,20). The minimum absolute atomic E-state index is 0.00304. The molecule has 0 bridgehead atoms. The molecule has 1 aromatic heterocycles. The average molecular weight is 270 g/mol. The van der Waals surface area contributed by atoms with E-state index in [9.17, 15) is 9.90 Å². The van der Waals surface area contributed by atoms with Gasteiger partial charge in [0.2, 0.25) is 0 Å². The molecule has 20 heavy (non-hydrogen) atoms. The molecule has 1 aliphatic rings. The van der Waals surface area contributed by atoms with Crippen LogP contribution in [0.15, 0.2) is 36.5 Å². The summed E-state index contributed by atoms with van der Waals surface area (Å²) in [5, 5.41) is 13.6. The van der Waals surface area contributed by atoms with Gasteiger partial charge in [-0.2, -0.15) is 0 Å². The molecule has 104 valence electrons. The van der Waals surface area contributed by atoms with Gasteiger partial charge in [0.1, 0.15) is 0 Å². The Morgan fingerprint density at radius 1 is 1.25 bits per heavy atom. The number of nitrogens with zero attached hydrogens (tertiary/aromatic N) is 1. The second-order valence-electron chi connectivity index (χ2n) is 5.48. The Morgan fingerprint density at radius 3 is 2.75 bits per heavy atom. The molecule has 0 saturated heterocycles. The zero-order chi connectivity index (χ0) is 14.0. The monoisotopic (exact) mass is 270 g/mol. The van der Waals surface area contributed by atoms with E-state index in [1.807, 2.05) is 24.3 Å². The highest BCUT2D eigenvalue weighted by Gasteiger charge is 2.35. The Balaban J connectivity index is 1.93. The first-order valence-corrected chi connectivity index (χ1v) is 7.01. The van der Waals surface area contributed by atoms with Crippen LogP contribution in [0.2, 0.25) is 0 Å². The van der Waals surface area contributed by atoms with Crippen molar-refractivity contribution in [3.63, 3.8) is 0 Å². The lowest BCUT2D eigenvalue weighted by Crippen LogP contribution is -2.49. The van der Waals surface area contributed by atoms with Crippen LogP contribution in [0.25, 0.3) is 10.9 Å². The van der Waals surface area contributed by atoms with Crippen molar-refractivity contribution < 1.29 is 9.90 Å². The zero-order valence-electron chi connectivity index (χ0n) is 11.3. The lowest BCUT2D eigenvalue weighted by atomic mass is 9.98. The normalized spacial score (nSPS) is 17.2. The van der Waals surface area contributed by atoms with E-state index in [2.05, 4.69) is 10.3 Å². The first kappa shape index (κ1) is 13.1. The van der Waals surface area contributed by atoms with Crippen molar-refractivity contribution >= 4 is 16.8 Å². The second kappa shape index (κ2) is 5.21. The first-order valence-electron chi connectivity index (χ1n) is 7.01. The summed E-state index contributed by atoms with van der Waals surface area (Å²) in [7, 11) is 0. The maximum Gasteiger partial charge on any atom is 0.254 e. The first-order chi connectivity index (χ1) is 9.74. The predicted molar refractivity (Wildman–Crippen MR) is 77.5 cm³/mol. The molecule has 0 radical (unpaired) electrons. The van der Waals surface area contributed by atoms with E-state index in [0.29, 0.717) is 11.1 Å². The van der Waals surface area contributed by atoms with Crippen molar-refractivity contribution in [2.24, 2.45) is 0 Å². The van der Waals surface area contributed by atoms with Gasteiger partial charge in [0.05, 0.1) is 23.2 Å². The topological polar surface area (TPSA) is 62.2 Å². The minimum Gasteiger partial charge on any atom is -0.394 e. The highest BCUT2D eigenvalue weighted by Crippen LogP contribution is 2.29. The molecule has 1 aliphatic carbocycles. The fraction of sp³-hybridized carbons (Fsp3) is 0.375.